The lowest BCUT2D eigenvalue weighted by atomic mass is 9.96. The molecule has 0 fully saturated rings. The van der Waals surface area contributed by atoms with Crippen LogP contribution in [0.4, 0.5) is 0 Å². The molecule has 16 heavy (non-hydrogen) atoms. The highest BCUT2D eigenvalue weighted by Gasteiger charge is 2.32. The standard InChI is InChI=1S/C14H21NO/c1-4-6-12-13(15)11-8-5-7-10(9(2)3)14(11)16-12/h5,7-9,12-13H,4,6,15H2,1-3H3. The molecule has 1 aromatic carbocycles. The van der Waals surface area contributed by atoms with E-state index >= 15 is 0 Å². The molecule has 2 N–H and O–H groups in total. The van der Waals surface area contributed by atoms with Gasteiger partial charge in [0.05, 0.1) is 6.04 Å². The lowest BCUT2D eigenvalue weighted by molar-refractivity contribution is 0.193. The first-order valence-electron chi connectivity index (χ1n) is 6.20. The van der Waals surface area contributed by atoms with E-state index in [1.165, 1.54) is 11.1 Å². The topological polar surface area (TPSA) is 35.2 Å². The first-order valence-corrected chi connectivity index (χ1v) is 6.20. The van der Waals surface area contributed by atoms with E-state index in [-0.39, 0.29) is 12.1 Å². The Kier molecular flexibility index (Phi) is 3.20. The SMILES string of the molecule is CCCC1Oc2c(C(C)C)cccc2C1N. The molecule has 0 aliphatic carbocycles. The predicted molar refractivity (Wildman–Crippen MR) is 66.8 cm³/mol. The van der Waals surface area contributed by atoms with E-state index in [9.17, 15) is 0 Å². The van der Waals surface area contributed by atoms with Crippen molar-refractivity contribution in [3.05, 3.63) is 29.3 Å². The van der Waals surface area contributed by atoms with Crippen molar-refractivity contribution in [2.45, 2.75) is 51.7 Å². The van der Waals surface area contributed by atoms with Crippen molar-refractivity contribution in [3.8, 4) is 5.75 Å². The fraction of sp³-hybridized carbons (Fsp3) is 0.571. The summed E-state index contributed by atoms with van der Waals surface area (Å²) in [6, 6.07) is 6.38. The van der Waals surface area contributed by atoms with Gasteiger partial charge in [0.2, 0.25) is 0 Å². The minimum absolute atomic E-state index is 0.0497. The fourth-order valence-corrected chi connectivity index (χ4v) is 2.37. The lowest BCUT2D eigenvalue weighted by Crippen LogP contribution is -2.24. The summed E-state index contributed by atoms with van der Waals surface area (Å²) in [7, 11) is 0. The van der Waals surface area contributed by atoms with Crippen molar-refractivity contribution >= 4 is 0 Å². The summed E-state index contributed by atoms with van der Waals surface area (Å²) < 4.78 is 6.03. The monoisotopic (exact) mass is 219 g/mol. The maximum absolute atomic E-state index is 6.22. The van der Waals surface area contributed by atoms with Crippen molar-refractivity contribution in [2.75, 3.05) is 0 Å². The molecular formula is C14H21NO. The van der Waals surface area contributed by atoms with Crippen molar-refractivity contribution in [1.29, 1.82) is 0 Å². The molecule has 2 heteroatoms. The minimum Gasteiger partial charge on any atom is -0.488 e. The minimum atomic E-state index is 0.0497. The molecule has 0 aromatic heterocycles. The Morgan fingerprint density at radius 1 is 1.38 bits per heavy atom. The average molecular weight is 219 g/mol. The molecule has 1 aliphatic rings. The van der Waals surface area contributed by atoms with E-state index in [0.717, 1.165) is 18.6 Å². The second kappa shape index (κ2) is 4.46. The third kappa shape index (κ3) is 1.82. The van der Waals surface area contributed by atoms with Crippen LogP contribution in [-0.4, -0.2) is 6.10 Å². The highest BCUT2D eigenvalue weighted by Crippen LogP contribution is 2.41. The van der Waals surface area contributed by atoms with Gasteiger partial charge in [-0.1, -0.05) is 45.4 Å². The molecule has 2 atom stereocenters. The van der Waals surface area contributed by atoms with Crippen molar-refractivity contribution in [1.82, 2.24) is 0 Å². The summed E-state index contributed by atoms with van der Waals surface area (Å²) in [5, 5.41) is 0. The van der Waals surface area contributed by atoms with Crippen LogP contribution in [0.1, 0.15) is 56.7 Å². The van der Waals surface area contributed by atoms with Gasteiger partial charge < -0.3 is 10.5 Å². The van der Waals surface area contributed by atoms with Gasteiger partial charge in [0.1, 0.15) is 11.9 Å². The van der Waals surface area contributed by atoms with Gasteiger partial charge in [0.25, 0.3) is 0 Å². The molecule has 0 saturated heterocycles. The summed E-state index contributed by atoms with van der Waals surface area (Å²) in [5.41, 5.74) is 8.69. The molecular weight excluding hydrogens is 198 g/mol. The molecule has 0 saturated carbocycles. The Labute approximate surface area is 97.8 Å². The fourth-order valence-electron chi connectivity index (χ4n) is 2.37. The molecule has 2 nitrogen and oxygen atoms in total. The van der Waals surface area contributed by atoms with Crippen LogP contribution in [-0.2, 0) is 0 Å². The summed E-state index contributed by atoms with van der Waals surface area (Å²) in [5.74, 6) is 1.53. The zero-order valence-electron chi connectivity index (χ0n) is 10.4. The molecule has 0 bridgehead atoms. The Morgan fingerprint density at radius 3 is 2.75 bits per heavy atom. The first kappa shape index (κ1) is 11.5. The van der Waals surface area contributed by atoms with E-state index in [4.69, 9.17) is 10.5 Å². The third-order valence-corrected chi connectivity index (χ3v) is 3.30. The zero-order chi connectivity index (χ0) is 11.7. The van der Waals surface area contributed by atoms with Gasteiger partial charge in [0.15, 0.2) is 0 Å². The van der Waals surface area contributed by atoms with E-state index in [1.807, 2.05) is 0 Å². The van der Waals surface area contributed by atoms with E-state index in [1.54, 1.807) is 0 Å². The van der Waals surface area contributed by atoms with Gasteiger partial charge in [-0.3, -0.25) is 0 Å². The summed E-state index contributed by atoms with van der Waals surface area (Å²) in [6.45, 7) is 6.55. The maximum atomic E-state index is 6.22. The van der Waals surface area contributed by atoms with Crippen LogP contribution in [0.3, 0.4) is 0 Å². The van der Waals surface area contributed by atoms with E-state index in [2.05, 4.69) is 39.0 Å². The quantitative estimate of drug-likeness (QED) is 0.846. The van der Waals surface area contributed by atoms with Gasteiger partial charge in [-0.15, -0.1) is 0 Å². The van der Waals surface area contributed by atoms with Crippen LogP contribution in [0.5, 0.6) is 5.75 Å². The van der Waals surface area contributed by atoms with Crippen LogP contribution < -0.4 is 10.5 Å². The average Bonchev–Trinajstić information content (AvgIpc) is 2.57. The Hall–Kier alpha value is -1.02. The van der Waals surface area contributed by atoms with Gasteiger partial charge >= 0.3 is 0 Å². The Bertz CT molecular complexity index is 373. The number of rotatable bonds is 3. The van der Waals surface area contributed by atoms with E-state index in [0.29, 0.717) is 5.92 Å². The van der Waals surface area contributed by atoms with E-state index < -0.39 is 0 Å². The van der Waals surface area contributed by atoms with Gasteiger partial charge in [-0.25, -0.2) is 0 Å². The smallest absolute Gasteiger partial charge is 0.128 e. The number of fused-ring (bicyclic) bond motifs is 1. The number of hydrogen-bond acceptors (Lipinski definition) is 2. The van der Waals surface area contributed by atoms with Crippen molar-refractivity contribution in [2.24, 2.45) is 5.73 Å². The summed E-state index contributed by atoms with van der Waals surface area (Å²) in [6.07, 6.45) is 2.32. The molecule has 1 heterocycles. The second-order valence-electron chi connectivity index (χ2n) is 4.89. The van der Waals surface area contributed by atoms with Gasteiger partial charge in [0, 0.05) is 5.56 Å². The maximum Gasteiger partial charge on any atom is 0.128 e. The largest absolute Gasteiger partial charge is 0.488 e. The number of hydrogen-bond donors (Lipinski definition) is 1. The number of ether oxygens (including phenoxy) is 1. The normalized spacial score (nSPS) is 23.3. The van der Waals surface area contributed by atoms with Gasteiger partial charge in [-0.05, 0) is 17.9 Å². The Balaban J connectivity index is 2.35. The molecule has 0 spiro atoms. The number of nitrogens with two attached hydrogens (primary N) is 1. The molecule has 1 aliphatic heterocycles. The van der Waals surface area contributed by atoms with Crippen molar-refractivity contribution < 1.29 is 4.74 Å². The van der Waals surface area contributed by atoms with Crippen molar-refractivity contribution in [3.63, 3.8) is 0 Å². The van der Waals surface area contributed by atoms with Crippen LogP contribution in [0.2, 0.25) is 0 Å². The molecule has 2 unspecified atom stereocenters. The summed E-state index contributed by atoms with van der Waals surface area (Å²) in [4.78, 5) is 0. The highest BCUT2D eigenvalue weighted by atomic mass is 16.5. The zero-order valence-corrected chi connectivity index (χ0v) is 10.4. The van der Waals surface area contributed by atoms with Gasteiger partial charge in [-0.2, -0.15) is 0 Å². The third-order valence-electron chi connectivity index (χ3n) is 3.30. The van der Waals surface area contributed by atoms with Crippen LogP contribution in [0, 0.1) is 0 Å². The molecule has 0 amide bonds. The molecule has 88 valence electrons. The number of para-hydroxylation sites is 1. The molecule has 2 rings (SSSR count). The Morgan fingerprint density at radius 2 is 2.12 bits per heavy atom. The second-order valence-corrected chi connectivity index (χ2v) is 4.89. The number of benzene rings is 1. The summed E-state index contributed by atoms with van der Waals surface area (Å²) >= 11 is 0. The van der Waals surface area contributed by atoms with Crippen LogP contribution in [0.25, 0.3) is 0 Å². The van der Waals surface area contributed by atoms with Crippen LogP contribution in [0.15, 0.2) is 18.2 Å². The lowest BCUT2D eigenvalue weighted by Gasteiger charge is -2.14. The molecule has 1 aromatic rings. The van der Waals surface area contributed by atoms with Crippen LogP contribution >= 0.6 is 0 Å². The molecule has 0 radical (unpaired) electrons. The highest BCUT2D eigenvalue weighted by molar-refractivity contribution is 5.48. The first-order chi connectivity index (χ1) is 7.65. The predicted octanol–water partition coefficient (Wildman–Crippen LogP) is 3.37.